The largest absolute Gasteiger partial charge is 0.475 e. The zero-order valence-corrected chi connectivity index (χ0v) is 36.1. The minimum absolute atomic E-state index is 0.0330. The highest BCUT2D eigenvalue weighted by atomic mass is 31.2. The summed E-state index contributed by atoms with van der Waals surface area (Å²) in [5.41, 5.74) is -2.29. The van der Waals surface area contributed by atoms with Crippen LogP contribution in [0.3, 0.4) is 0 Å². The molecular formula is C34H43FN12O15P2. The van der Waals surface area contributed by atoms with E-state index in [0.717, 1.165) is 10.9 Å². The van der Waals surface area contributed by atoms with Gasteiger partial charge in [0.05, 0.1) is 64.1 Å². The number of nitrogens with one attached hydrogen (secondary N) is 4. The molecule has 30 heteroatoms. The van der Waals surface area contributed by atoms with E-state index in [9.17, 15) is 43.6 Å². The third kappa shape index (κ3) is 10.9. The highest BCUT2D eigenvalue weighted by molar-refractivity contribution is 7.48. The van der Waals surface area contributed by atoms with Gasteiger partial charge >= 0.3 is 15.6 Å². The second-order valence-corrected chi connectivity index (χ2v) is 17.8. The van der Waals surface area contributed by atoms with Gasteiger partial charge in [-0.1, -0.05) is 27.7 Å². The standard InChI is InChI=1S/C34H43FN12O15P2/c1-16(2)28(49)42-33-40-26-23(30(51)44-33)38-14-46(26)21-11-18(19(12-48)59-21)61-64(55,57-10-6-8-37)58-13-20-25(62-63(53,54)56-9-5-7-36)22(35)32(60-20)47-15-39-24-27(47)41-34(45-31(24)52)43-29(50)17(3)4/h14-22,25,32,48H,5-6,9-13H2,1-4H3,(H,53,54)(H2,40,42,44,49,51)(H2,41,43,45,50,52)/t18-,19?,20?,21?,22+,25+,32?,64?/m0/s1. The van der Waals surface area contributed by atoms with Gasteiger partial charge in [-0.3, -0.25) is 71.5 Å². The molecule has 0 saturated carbocycles. The van der Waals surface area contributed by atoms with E-state index in [1.54, 1.807) is 39.8 Å². The van der Waals surface area contributed by atoms with Crippen molar-refractivity contribution in [3.63, 3.8) is 0 Å². The van der Waals surface area contributed by atoms with Crippen molar-refractivity contribution >= 4 is 61.7 Å². The molecule has 6 unspecified atom stereocenters. The highest BCUT2D eigenvalue weighted by Gasteiger charge is 2.52. The molecule has 0 radical (unpaired) electrons. The number of nitrogens with zero attached hydrogens (tertiary/aromatic N) is 8. The van der Waals surface area contributed by atoms with Gasteiger partial charge < -0.3 is 19.5 Å². The fourth-order valence-corrected chi connectivity index (χ4v) is 8.57. The maximum absolute atomic E-state index is 16.6. The van der Waals surface area contributed by atoms with Crippen molar-refractivity contribution in [1.29, 1.82) is 10.5 Å². The van der Waals surface area contributed by atoms with Crippen LogP contribution in [-0.4, -0.2) is 118 Å². The predicted octanol–water partition coefficient (Wildman–Crippen LogP) is 1.81. The molecule has 2 fully saturated rings. The van der Waals surface area contributed by atoms with Gasteiger partial charge in [0.1, 0.15) is 30.6 Å². The molecule has 0 aliphatic carbocycles. The quantitative estimate of drug-likeness (QED) is 0.0543. The number of H-pyrrole nitrogens is 2. The van der Waals surface area contributed by atoms with Gasteiger partial charge in [-0.05, 0) is 0 Å². The van der Waals surface area contributed by atoms with Crippen molar-refractivity contribution in [3.05, 3.63) is 33.4 Å². The Labute approximate surface area is 360 Å². The number of fused-ring (bicyclic) bond motifs is 2. The lowest BCUT2D eigenvalue weighted by atomic mass is 10.1. The van der Waals surface area contributed by atoms with Crippen LogP contribution in [0.4, 0.5) is 16.3 Å². The average molecular weight is 941 g/mol. The second kappa shape index (κ2) is 20.2. The average Bonchev–Trinajstić information content (AvgIpc) is 4.02. The van der Waals surface area contributed by atoms with Crippen LogP contribution in [0.25, 0.3) is 22.3 Å². The molecule has 27 nitrogen and oxygen atoms in total. The fraction of sp³-hybridized carbons (Fsp3) is 0.588. The van der Waals surface area contributed by atoms with Gasteiger partial charge in [0, 0.05) is 18.3 Å². The number of imidazole rings is 2. The van der Waals surface area contributed by atoms with E-state index in [2.05, 4.69) is 40.5 Å². The lowest BCUT2D eigenvalue weighted by Gasteiger charge is -2.26. The number of ether oxygens (including phenoxy) is 2. The molecule has 6 N–H and O–H groups in total. The number of carbonyl (C=O) groups excluding carboxylic acids is 2. The number of phosphoric ester groups is 2. The van der Waals surface area contributed by atoms with E-state index in [1.807, 2.05) is 0 Å². The first-order valence-electron chi connectivity index (χ1n) is 19.5. The van der Waals surface area contributed by atoms with Crippen LogP contribution in [0.5, 0.6) is 0 Å². The van der Waals surface area contributed by atoms with Crippen LogP contribution in [0, 0.1) is 34.5 Å². The minimum atomic E-state index is -5.16. The summed E-state index contributed by atoms with van der Waals surface area (Å²) in [5.74, 6) is -2.43. The molecule has 0 spiro atoms. The smallest absolute Gasteiger partial charge is 0.394 e. The summed E-state index contributed by atoms with van der Waals surface area (Å²) in [4.78, 5) is 82.2. The molecule has 64 heavy (non-hydrogen) atoms. The van der Waals surface area contributed by atoms with Gasteiger partial charge in [0.25, 0.3) is 11.1 Å². The number of anilines is 2. The van der Waals surface area contributed by atoms with Gasteiger partial charge in [-0.2, -0.15) is 20.5 Å². The maximum Gasteiger partial charge on any atom is 0.475 e. The first-order valence-corrected chi connectivity index (χ1v) is 22.4. The number of aliphatic hydroxyl groups is 1. The Morgan fingerprint density at radius 3 is 1.98 bits per heavy atom. The summed E-state index contributed by atoms with van der Waals surface area (Å²) in [6.07, 6.45) is -10.5. The van der Waals surface area contributed by atoms with Gasteiger partial charge in [-0.25, -0.2) is 23.5 Å². The highest BCUT2D eigenvalue weighted by Crippen LogP contribution is 2.55. The number of carbonyl (C=O) groups is 2. The number of phosphoric acid groups is 2. The van der Waals surface area contributed by atoms with Crippen LogP contribution in [0.2, 0.25) is 0 Å². The van der Waals surface area contributed by atoms with Crippen LogP contribution >= 0.6 is 15.6 Å². The molecular weight excluding hydrogens is 897 g/mol. The summed E-state index contributed by atoms with van der Waals surface area (Å²) in [6, 6.07) is 3.50. The number of alkyl halides is 1. The number of amides is 2. The molecule has 4 aromatic heterocycles. The third-order valence-corrected chi connectivity index (χ3v) is 12.0. The van der Waals surface area contributed by atoms with Crippen LogP contribution in [-0.2, 0) is 50.8 Å². The topological polar surface area (TPSA) is 372 Å². The monoisotopic (exact) mass is 940 g/mol. The van der Waals surface area contributed by atoms with E-state index in [1.165, 1.54) is 10.9 Å². The van der Waals surface area contributed by atoms with Gasteiger partial charge in [-0.15, -0.1) is 0 Å². The summed E-state index contributed by atoms with van der Waals surface area (Å²) in [7, 11) is -10.1. The molecule has 2 amide bonds. The molecule has 0 bridgehead atoms. The Morgan fingerprint density at radius 2 is 1.44 bits per heavy atom. The van der Waals surface area contributed by atoms with E-state index in [0.29, 0.717) is 0 Å². The van der Waals surface area contributed by atoms with Gasteiger partial charge in [0.2, 0.25) is 23.7 Å². The number of hydrogen-bond acceptors (Lipinski definition) is 20. The molecule has 6 rings (SSSR count). The molecule has 2 aliphatic rings. The van der Waals surface area contributed by atoms with Crippen LogP contribution in [0.15, 0.2) is 22.2 Å². The Balaban J connectivity index is 1.27. The molecule has 346 valence electrons. The van der Waals surface area contributed by atoms with Crippen molar-refractivity contribution in [3.8, 4) is 12.1 Å². The van der Waals surface area contributed by atoms with E-state index in [-0.39, 0.29) is 53.5 Å². The minimum Gasteiger partial charge on any atom is -0.394 e. The molecule has 6 heterocycles. The molecule has 9 atom stereocenters. The second-order valence-electron chi connectivity index (χ2n) is 14.7. The van der Waals surface area contributed by atoms with Crippen LogP contribution < -0.4 is 21.8 Å². The first kappa shape index (κ1) is 48.1. The fourth-order valence-electron chi connectivity index (χ4n) is 6.24. The van der Waals surface area contributed by atoms with Crippen molar-refractivity contribution in [2.75, 3.05) is 37.1 Å². The van der Waals surface area contributed by atoms with Crippen molar-refractivity contribution < 1.29 is 65.2 Å². The number of halogens is 1. The van der Waals surface area contributed by atoms with E-state index in [4.69, 9.17) is 37.4 Å². The molecule has 2 saturated heterocycles. The van der Waals surface area contributed by atoms with Gasteiger partial charge in [0.15, 0.2) is 34.7 Å². The number of aromatic amines is 2. The first-order chi connectivity index (χ1) is 30.4. The lowest BCUT2D eigenvalue weighted by Crippen LogP contribution is -2.34. The Hall–Kier alpha value is -5.35. The number of aromatic nitrogens is 8. The SMILES string of the molecule is CC(C)C(=O)Nc1nc2c(ncn2C2C[C@H](OP(=O)(OCCC#N)OCC3OC(n4cnc5c(=O)[nH]c(NC(=O)C(C)C)nc54)[C@H](F)[C@@H]3OP(=O)(O)OCCC#N)C(CO)O2)c(=O)[nH]1. The summed E-state index contributed by atoms with van der Waals surface area (Å²) < 4.78 is 85.0. The number of hydrogen-bond donors (Lipinski definition) is 6. The number of nitriles is 2. The Bertz CT molecular complexity index is 2660. The summed E-state index contributed by atoms with van der Waals surface area (Å²) >= 11 is 0. The zero-order valence-electron chi connectivity index (χ0n) is 34.4. The van der Waals surface area contributed by atoms with Crippen LogP contribution in [0.1, 0.15) is 59.4 Å². The predicted molar refractivity (Wildman–Crippen MR) is 213 cm³/mol. The summed E-state index contributed by atoms with van der Waals surface area (Å²) in [5, 5.41) is 33.3. The van der Waals surface area contributed by atoms with Crippen molar-refractivity contribution in [2.45, 2.75) is 90.0 Å². The Morgan fingerprint density at radius 1 is 0.891 bits per heavy atom. The molecule has 4 aromatic rings. The zero-order chi connectivity index (χ0) is 46.5. The molecule has 0 aromatic carbocycles. The Kier molecular flexibility index (Phi) is 15.2. The third-order valence-electron chi connectivity index (χ3n) is 9.46. The van der Waals surface area contributed by atoms with Crippen molar-refractivity contribution in [2.24, 2.45) is 11.8 Å². The van der Waals surface area contributed by atoms with E-state index < -0.39 is 120 Å². The normalized spacial score (nSPS) is 24.1. The number of aliphatic hydroxyl groups excluding tert-OH is 1. The molecule has 2 aliphatic heterocycles. The summed E-state index contributed by atoms with van der Waals surface area (Å²) in [6.45, 7) is 3.61. The van der Waals surface area contributed by atoms with E-state index >= 15 is 4.39 Å². The van der Waals surface area contributed by atoms with Crippen molar-refractivity contribution in [1.82, 2.24) is 39.0 Å². The maximum atomic E-state index is 16.6. The lowest BCUT2D eigenvalue weighted by molar-refractivity contribution is -0.119. The number of rotatable bonds is 20.